The van der Waals surface area contributed by atoms with Crippen molar-refractivity contribution in [3.05, 3.63) is 42.2 Å². The van der Waals surface area contributed by atoms with Crippen LogP contribution in [0, 0.1) is 0 Å². The van der Waals surface area contributed by atoms with Gasteiger partial charge in [-0.05, 0) is 0 Å². The van der Waals surface area contributed by atoms with Crippen LogP contribution in [0.4, 0.5) is 0 Å². The van der Waals surface area contributed by atoms with E-state index in [1.165, 1.54) is 6.07 Å². The Labute approximate surface area is 138 Å². The standard InChI is InChI=1S/C15H16N2O6S/c18-15(14-9-21-6-7-22-14)17-24(19,20)10-12-8-13(16-23-12)11-4-2-1-3-5-11/h1-5,8,14H,6-7,9-10H2,(H,17,18). The summed E-state index contributed by atoms with van der Waals surface area (Å²) in [6.45, 7) is 0.666. The summed E-state index contributed by atoms with van der Waals surface area (Å²) in [5, 5.41) is 3.84. The second-order valence-electron chi connectivity index (χ2n) is 5.20. The fraction of sp³-hybridized carbons (Fsp3) is 0.333. The number of sulfonamides is 1. The average Bonchev–Trinajstić information content (AvgIpc) is 3.03. The molecule has 1 saturated heterocycles. The second kappa shape index (κ2) is 7.12. The first kappa shape index (κ1) is 16.6. The molecule has 1 aromatic carbocycles. The molecule has 2 aromatic rings. The molecule has 9 heteroatoms. The maximum atomic E-state index is 12.1. The number of ether oxygens (including phenoxy) is 2. The maximum absolute atomic E-state index is 12.1. The van der Waals surface area contributed by atoms with Crippen molar-refractivity contribution in [2.45, 2.75) is 11.9 Å². The van der Waals surface area contributed by atoms with Crippen molar-refractivity contribution in [3.63, 3.8) is 0 Å². The predicted octanol–water partition coefficient (Wildman–Crippen LogP) is 0.703. The molecule has 1 atom stereocenters. The molecule has 1 aromatic heterocycles. The lowest BCUT2D eigenvalue weighted by molar-refractivity contribution is -0.145. The van der Waals surface area contributed by atoms with Gasteiger partial charge in [0.05, 0.1) is 19.8 Å². The number of aromatic nitrogens is 1. The highest BCUT2D eigenvalue weighted by Gasteiger charge is 2.27. The van der Waals surface area contributed by atoms with E-state index >= 15 is 0 Å². The molecule has 0 spiro atoms. The molecule has 1 amide bonds. The van der Waals surface area contributed by atoms with Crippen molar-refractivity contribution in [2.24, 2.45) is 0 Å². The number of hydrogen-bond acceptors (Lipinski definition) is 7. The van der Waals surface area contributed by atoms with Gasteiger partial charge in [-0.2, -0.15) is 0 Å². The summed E-state index contributed by atoms with van der Waals surface area (Å²) in [7, 11) is -3.92. The molecule has 0 aliphatic carbocycles. The van der Waals surface area contributed by atoms with Crippen LogP contribution in [0.5, 0.6) is 0 Å². The summed E-state index contributed by atoms with van der Waals surface area (Å²) in [5.41, 5.74) is 1.33. The Morgan fingerprint density at radius 1 is 1.25 bits per heavy atom. The van der Waals surface area contributed by atoms with Gasteiger partial charge in [0.15, 0.2) is 11.9 Å². The maximum Gasteiger partial charge on any atom is 0.264 e. The first-order valence-electron chi connectivity index (χ1n) is 7.28. The van der Waals surface area contributed by atoms with Gasteiger partial charge in [-0.25, -0.2) is 8.42 Å². The van der Waals surface area contributed by atoms with Crippen LogP contribution < -0.4 is 4.72 Å². The number of amides is 1. The largest absolute Gasteiger partial charge is 0.376 e. The molecule has 3 rings (SSSR count). The van der Waals surface area contributed by atoms with Gasteiger partial charge < -0.3 is 14.0 Å². The number of benzene rings is 1. The lowest BCUT2D eigenvalue weighted by atomic mass is 10.1. The van der Waals surface area contributed by atoms with E-state index in [9.17, 15) is 13.2 Å². The van der Waals surface area contributed by atoms with E-state index in [-0.39, 0.29) is 19.0 Å². The lowest BCUT2D eigenvalue weighted by Crippen LogP contribution is -2.45. The summed E-state index contributed by atoms with van der Waals surface area (Å²) < 4.78 is 41.4. The minimum Gasteiger partial charge on any atom is -0.376 e. The second-order valence-corrected chi connectivity index (χ2v) is 6.93. The van der Waals surface area contributed by atoms with Gasteiger partial charge >= 0.3 is 0 Å². The van der Waals surface area contributed by atoms with E-state index in [1.54, 1.807) is 0 Å². The molecular formula is C15H16N2O6S. The summed E-state index contributed by atoms with van der Waals surface area (Å²) in [4.78, 5) is 11.9. The summed E-state index contributed by atoms with van der Waals surface area (Å²) in [6.07, 6.45) is -0.928. The van der Waals surface area contributed by atoms with Crippen LogP contribution in [0.2, 0.25) is 0 Å². The van der Waals surface area contributed by atoms with Gasteiger partial charge in [0, 0.05) is 11.6 Å². The first-order chi connectivity index (χ1) is 11.5. The number of carbonyl (C=O) groups excluding carboxylic acids is 1. The fourth-order valence-corrected chi connectivity index (χ4v) is 3.23. The van der Waals surface area contributed by atoms with Crippen molar-refractivity contribution in [1.29, 1.82) is 0 Å². The highest BCUT2D eigenvalue weighted by atomic mass is 32.2. The zero-order chi connectivity index (χ0) is 17.0. The molecule has 1 aliphatic rings. The zero-order valence-corrected chi connectivity index (χ0v) is 13.5. The van der Waals surface area contributed by atoms with Crippen LogP contribution >= 0.6 is 0 Å². The van der Waals surface area contributed by atoms with Crippen LogP contribution in [0.1, 0.15) is 5.76 Å². The molecule has 2 heterocycles. The monoisotopic (exact) mass is 352 g/mol. The van der Waals surface area contributed by atoms with E-state index in [2.05, 4.69) is 5.16 Å². The number of nitrogens with one attached hydrogen (secondary N) is 1. The van der Waals surface area contributed by atoms with Crippen LogP contribution in [0.15, 0.2) is 40.9 Å². The number of nitrogens with zero attached hydrogens (tertiary/aromatic N) is 1. The number of hydrogen-bond donors (Lipinski definition) is 1. The average molecular weight is 352 g/mol. The van der Waals surface area contributed by atoms with Gasteiger partial charge in [-0.1, -0.05) is 35.5 Å². The van der Waals surface area contributed by atoms with Gasteiger partial charge in [-0.15, -0.1) is 0 Å². The van der Waals surface area contributed by atoms with Crippen LogP contribution in [0.3, 0.4) is 0 Å². The van der Waals surface area contributed by atoms with Crippen molar-refractivity contribution in [1.82, 2.24) is 9.88 Å². The molecule has 24 heavy (non-hydrogen) atoms. The van der Waals surface area contributed by atoms with Crippen LogP contribution in [-0.2, 0) is 30.0 Å². The molecule has 1 aliphatic heterocycles. The summed E-state index contributed by atoms with van der Waals surface area (Å²) in [5.74, 6) is -1.11. The van der Waals surface area contributed by atoms with Gasteiger partial charge in [0.2, 0.25) is 10.0 Å². The van der Waals surface area contributed by atoms with Crippen molar-refractivity contribution in [3.8, 4) is 11.3 Å². The van der Waals surface area contributed by atoms with Crippen LogP contribution in [0.25, 0.3) is 11.3 Å². The molecule has 0 saturated carbocycles. The molecule has 128 valence electrons. The smallest absolute Gasteiger partial charge is 0.264 e. The lowest BCUT2D eigenvalue weighted by Gasteiger charge is -2.21. The molecule has 0 bridgehead atoms. The molecular weight excluding hydrogens is 336 g/mol. The zero-order valence-electron chi connectivity index (χ0n) is 12.7. The van der Waals surface area contributed by atoms with E-state index in [0.29, 0.717) is 12.3 Å². The molecule has 1 N–H and O–H groups in total. The minimum atomic E-state index is -3.92. The third-order valence-electron chi connectivity index (χ3n) is 3.33. The van der Waals surface area contributed by atoms with Gasteiger partial charge in [0.1, 0.15) is 11.4 Å². The van der Waals surface area contributed by atoms with Crippen molar-refractivity contribution >= 4 is 15.9 Å². The van der Waals surface area contributed by atoms with E-state index in [1.807, 2.05) is 35.1 Å². The molecule has 0 radical (unpaired) electrons. The quantitative estimate of drug-likeness (QED) is 0.844. The SMILES string of the molecule is O=C(NS(=O)(=O)Cc1cc(-c2ccccc2)no1)C1COCCO1. The Balaban J connectivity index is 1.64. The molecule has 8 nitrogen and oxygen atoms in total. The van der Waals surface area contributed by atoms with E-state index in [4.69, 9.17) is 14.0 Å². The van der Waals surface area contributed by atoms with Crippen LogP contribution in [-0.4, -0.2) is 45.4 Å². The van der Waals surface area contributed by atoms with Crippen molar-refractivity contribution in [2.75, 3.05) is 19.8 Å². The summed E-state index contributed by atoms with van der Waals surface area (Å²) in [6, 6.07) is 10.7. The Kier molecular flexibility index (Phi) is 4.93. The summed E-state index contributed by atoms with van der Waals surface area (Å²) >= 11 is 0. The predicted molar refractivity (Wildman–Crippen MR) is 83.3 cm³/mol. The Hall–Kier alpha value is -2.23. The minimum absolute atomic E-state index is 0.0296. The topological polar surface area (TPSA) is 108 Å². The van der Waals surface area contributed by atoms with E-state index < -0.39 is 27.8 Å². The van der Waals surface area contributed by atoms with Gasteiger partial charge in [0.25, 0.3) is 5.91 Å². The number of rotatable bonds is 5. The normalized spacial score (nSPS) is 18.2. The Bertz CT molecular complexity index is 796. The third-order valence-corrected chi connectivity index (χ3v) is 4.50. The Morgan fingerprint density at radius 3 is 2.75 bits per heavy atom. The highest BCUT2D eigenvalue weighted by molar-refractivity contribution is 7.89. The van der Waals surface area contributed by atoms with Gasteiger partial charge in [-0.3, -0.25) is 9.52 Å². The fourth-order valence-electron chi connectivity index (χ4n) is 2.21. The first-order valence-corrected chi connectivity index (χ1v) is 8.93. The number of carbonyl (C=O) groups is 1. The third kappa shape index (κ3) is 4.19. The van der Waals surface area contributed by atoms with E-state index in [0.717, 1.165) is 5.56 Å². The van der Waals surface area contributed by atoms with Crippen molar-refractivity contribution < 1.29 is 27.2 Å². The Morgan fingerprint density at radius 2 is 2.04 bits per heavy atom. The highest BCUT2D eigenvalue weighted by Crippen LogP contribution is 2.19. The molecule has 1 unspecified atom stereocenters. The molecule has 1 fully saturated rings.